The first kappa shape index (κ1) is 14.1. The van der Waals surface area contributed by atoms with E-state index in [1.807, 2.05) is 0 Å². The van der Waals surface area contributed by atoms with Crippen LogP contribution in [0.15, 0.2) is 24.3 Å². The van der Waals surface area contributed by atoms with E-state index in [4.69, 9.17) is 4.74 Å². The first-order chi connectivity index (χ1) is 9.86. The lowest BCUT2D eigenvalue weighted by Crippen LogP contribution is -2.48. The van der Waals surface area contributed by atoms with Crippen LogP contribution in [0.3, 0.4) is 0 Å². The van der Waals surface area contributed by atoms with E-state index in [2.05, 4.69) is 41.0 Å². The highest BCUT2D eigenvalue weighted by molar-refractivity contribution is 5.31. The summed E-state index contributed by atoms with van der Waals surface area (Å²) in [6.07, 6.45) is 2.61. The van der Waals surface area contributed by atoms with E-state index in [1.54, 1.807) is 0 Å². The molecule has 110 valence electrons. The molecule has 1 aromatic carbocycles. The fourth-order valence-electron chi connectivity index (χ4n) is 3.37. The number of hydrogen-bond donors (Lipinski definition) is 0. The Bertz CT molecular complexity index is 427. The molecular formula is C17H26N2O. The summed E-state index contributed by atoms with van der Waals surface area (Å²) in [6.45, 7) is 10.2. The van der Waals surface area contributed by atoms with Crippen molar-refractivity contribution in [3.63, 3.8) is 0 Å². The predicted octanol–water partition coefficient (Wildman–Crippen LogP) is 2.33. The molecule has 2 aliphatic rings. The molecule has 2 heterocycles. The molecule has 3 heteroatoms. The van der Waals surface area contributed by atoms with Crippen LogP contribution in [-0.4, -0.2) is 55.7 Å². The highest BCUT2D eigenvalue weighted by Crippen LogP contribution is 2.27. The Labute approximate surface area is 122 Å². The molecule has 1 atom stereocenters. The van der Waals surface area contributed by atoms with Gasteiger partial charge in [-0.1, -0.05) is 31.2 Å². The molecule has 0 unspecified atom stereocenters. The van der Waals surface area contributed by atoms with Crippen molar-refractivity contribution in [1.82, 2.24) is 9.80 Å². The SMILES string of the molecule is CCCN1CCN(C[C@H]2OCCc3ccccc32)CC1. The summed E-state index contributed by atoms with van der Waals surface area (Å²) in [5, 5.41) is 0. The van der Waals surface area contributed by atoms with Crippen molar-refractivity contribution >= 4 is 0 Å². The van der Waals surface area contributed by atoms with Gasteiger partial charge in [0.2, 0.25) is 0 Å². The van der Waals surface area contributed by atoms with Gasteiger partial charge in [-0.05, 0) is 30.5 Å². The average molecular weight is 274 g/mol. The van der Waals surface area contributed by atoms with Gasteiger partial charge in [0.25, 0.3) is 0 Å². The summed E-state index contributed by atoms with van der Waals surface area (Å²) in [5.41, 5.74) is 2.89. The van der Waals surface area contributed by atoms with Crippen molar-refractivity contribution in [1.29, 1.82) is 0 Å². The molecule has 1 saturated heterocycles. The number of rotatable bonds is 4. The molecule has 0 saturated carbocycles. The monoisotopic (exact) mass is 274 g/mol. The lowest BCUT2D eigenvalue weighted by molar-refractivity contribution is 0.00461. The highest BCUT2D eigenvalue weighted by Gasteiger charge is 2.24. The van der Waals surface area contributed by atoms with Gasteiger partial charge in [-0.2, -0.15) is 0 Å². The molecule has 0 aromatic heterocycles. The molecule has 3 nitrogen and oxygen atoms in total. The molecule has 1 aromatic rings. The highest BCUT2D eigenvalue weighted by atomic mass is 16.5. The normalized spacial score (nSPS) is 24.6. The third-order valence-electron chi connectivity index (χ3n) is 4.52. The number of nitrogens with zero attached hydrogens (tertiary/aromatic N) is 2. The molecular weight excluding hydrogens is 248 g/mol. The quantitative estimate of drug-likeness (QED) is 0.838. The number of hydrogen-bond acceptors (Lipinski definition) is 3. The fourth-order valence-corrected chi connectivity index (χ4v) is 3.37. The Hall–Kier alpha value is -0.900. The van der Waals surface area contributed by atoms with Crippen LogP contribution in [0.25, 0.3) is 0 Å². The van der Waals surface area contributed by atoms with Gasteiger partial charge in [0.1, 0.15) is 0 Å². The van der Waals surface area contributed by atoms with Gasteiger partial charge in [-0.3, -0.25) is 4.90 Å². The van der Waals surface area contributed by atoms with Crippen LogP contribution >= 0.6 is 0 Å². The van der Waals surface area contributed by atoms with Gasteiger partial charge in [-0.25, -0.2) is 0 Å². The van der Waals surface area contributed by atoms with E-state index in [1.165, 1.54) is 50.3 Å². The zero-order valence-corrected chi connectivity index (χ0v) is 12.6. The molecule has 0 radical (unpaired) electrons. The Morgan fingerprint density at radius 1 is 1.10 bits per heavy atom. The van der Waals surface area contributed by atoms with E-state index in [0.717, 1.165) is 19.6 Å². The van der Waals surface area contributed by atoms with E-state index in [0.29, 0.717) is 0 Å². The molecule has 0 bridgehead atoms. The van der Waals surface area contributed by atoms with Gasteiger partial charge in [0.15, 0.2) is 0 Å². The number of benzene rings is 1. The minimum Gasteiger partial charge on any atom is -0.372 e. The minimum atomic E-state index is 0.276. The van der Waals surface area contributed by atoms with Gasteiger partial charge in [0.05, 0.1) is 12.7 Å². The number of fused-ring (bicyclic) bond motifs is 1. The summed E-state index contributed by atoms with van der Waals surface area (Å²) in [7, 11) is 0. The van der Waals surface area contributed by atoms with Crippen LogP contribution in [0, 0.1) is 0 Å². The van der Waals surface area contributed by atoms with Gasteiger partial charge in [0, 0.05) is 32.7 Å². The lowest BCUT2D eigenvalue weighted by Gasteiger charge is -2.37. The van der Waals surface area contributed by atoms with Crippen LogP contribution in [0.1, 0.15) is 30.6 Å². The second-order valence-corrected chi connectivity index (χ2v) is 5.95. The molecule has 3 rings (SSSR count). The van der Waals surface area contributed by atoms with Crippen molar-refractivity contribution in [2.75, 3.05) is 45.9 Å². The van der Waals surface area contributed by atoms with Gasteiger partial charge >= 0.3 is 0 Å². The number of piperazine rings is 1. The minimum absolute atomic E-state index is 0.276. The molecule has 0 aliphatic carbocycles. The predicted molar refractivity (Wildman–Crippen MR) is 82.0 cm³/mol. The summed E-state index contributed by atoms with van der Waals surface area (Å²) < 4.78 is 6.03. The van der Waals surface area contributed by atoms with Crippen LogP contribution in [0.2, 0.25) is 0 Å². The smallest absolute Gasteiger partial charge is 0.0954 e. The standard InChI is InChI=1S/C17H26N2O/c1-2-8-18-9-11-19(12-10-18)14-17-16-6-4-3-5-15(16)7-13-20-17/h3-6,17H,2,7-14H2,1H3/t17-/m1/s1. The maximum Gasteiger partial charge on any atom is 0.0954 e. The van der Waals surface area contributed by atoms with Crippen molar-refractivity contribution in [3.8, 4) is 0 Å². The molecule has 0 N–H and O–H groups in total. The first-order valence-corrected chi connectivity index (χ1v) is 8.01. The fraction of sp³-hybridized carbons (Fsp3) is 0.647. The van der Waals surface area contributed by atoms with E-state index >= 15 is 0 Å². The number of ether oxygens (including phenoxy) is 1. The maximum absolute atomic E-state index is 6.03. The summed E-state index contributed by atoms with van der Waals surface area (Å²) in [5.74, 6) is 0. The second-order valence-electron chi connectivity index (χ2n) is 5.95. The second kappa shape index (κ2) is 6.70. The molecule has 0 spiro atoms. The van der Waals surface area contributed by atoms with Crippen LogP contribution < -0.4 is 0 Å². The van der Waals surface area contributed by atoms with Crippen molar-refractivity contribution in [2.24, 2.45) is 0 Å². The molecule has 1 fully saturated rings. The van der Waals surface area contributed by atoms with E-state index in [9.17, 15) is 0 Å². The molecule has 2 aliphatic heterocycles. The third kappa shape index (κ3) is 3.22. The summed E-state index contributed by atoms with van der Waals surface area (Å²) >= 11 is 0. The third-order valence-corrected chi connectivity index (χ3v) is 4.52. The summed E-state index contributed by atoms with van der Waals surface area (Å²) in [6, 6.07) is 8.78. The Morgan fingerprint density at radius 3 is 2.65 bits per heavy atom. The average Bonchev–Trinajstić information content (AvgIpc) is 2.50. The molecule has 20 heavy (non-hydrogen) atoms. The lowest BCUT2D eigenvalue weighted by atomic mass is 9.97. The largest absolute Gasteiger partial charge is 0.372 e. The maximum atomic E-state index is 6.03. The Balaban J connectivity index is 1.57. The van der Waals surface area contributed by atoms with Crippen molar-refractivity contribution < 1.29 is 4.74 Å². The van der Waals surface area contributed by atoms with E-state index < -0.39 is 0 Å². The Kier molecular flexibility index (Phi) is 4.71. The zero-order valence-electron chi connectivity index (χ0n) is 12.6. The summed E-state index contributed by atoms with van der Waals surface area (Å²) in [4.78, 5) is 5.14. The Morgan fingerprint density at radius 2 is 1.85 bits per heavy atom. The van der Waals surface area contributed by atoms with Crippen molar-refractivity contribution in [3.05, 3.63) is 35.4 Å². The van der Waals surface area contributed by atoms with Crippen LogP contribution in [-0.2, 0) is 11.2 Å². The van der Waals surface area contributed by atoms with Gasteiger partial charge in [-0.15, -0.1) is 0 Å². The van der Waals surface area contributed by atoms with Crippen LogP contribution in [0.5, 0.6) is 0 Å². The van der Waals surface area contributed by atoms with Crippen LogP contribution in [0.4, 0.5) is 0 Å². The first-order valence-electron chi connectivity index (χ1n) is 8.01. The van der Waals surface area contributed by atoms with E-state index in [-0.39, 0.29) is 6.10 Å². The topological polar surface area (TPSA) is 15.7 Å². The molecule has 0 amide bonds. The zero-order chi connectivity index (χ0) is 13.8. The van der Waals surface area contributed by atoms with Gasteiger partial charge < -0.3 is 9.64 Å². The van der Waals surface area contributed by atoms with Crippen molar-refractivity contribution in [2.45, 2.75) is 25.9 Å².